The van der Waals surface area contributed by atoms with Crippen LogP contribution in [0, 0.1) is 0 Å². The Balaban J connectivity index is 2.97. The molecule has 0 unspecified atom stereocenters. The average Bonchev–Trinajstić information content (AvgIpc) is 2.29. The van der Waals surface area contributed by atoms with Crippen molar-refractivity contribution in [1.29, 1.82) is 0 Å². The van der Waals surface area contributed by atoms with Crippen molar-refractivity contribution in [3.63, 3.8) is 0 Å². The molecule has 1 aromatic carbocycles. The Kier molecular flexibility index (Phi) is 3.68. The molecule has 0 atom stereocenters. The molecule has 0 aliphatic rings. The zero-order chi connectivity index (χ0) is 11.3. The van der Waals surface area contributed by atoms with E-state index in [1.807, 2.05) is 0 Å². The van der Waals surface area contributed by atoms with Crippen molar-refractivity contribution in [2.24, 2.45) is 0 Å². The summed E-state index contributed by atoms with van der Waals surface area (Å²) in [6.45, 7) is 0. The summed E-state index contributed by atoms with van der Waals surface area (Å²) >= 11 is 0. The summed E-state index contributed by atoms with van der Waals surface area (Å²) in [6.07, 6.45) is -0.170. The maximum atomic E-state index is 10.8. The van der Waals surface area contributed by atoms with E-state index in [9.17, 15) is 9.59 Å². The summed E-state index contributed by atoms with van der Waals surface area (Å²) in [7, 11) is 2.61. The third kappa shape index (κ3) is 2.70. The normalized spacial score (nSPS) is 9.20. The molecule has 0 N–H and O–H groups in total. The van der Waals surface area contributed by atoms with E-state index in [1.54, 1.807) is 0 Å². The average molecular weight is 210 g/mol. The first kappa shape index (κ1) is 11.0. The minimum absolute atomic E-state index is 0.204. The lowest BCUT2D eigenvalue weighted by Crippen LogP contribution is -2.08. The van der Waals surface area contributed by atoms with Gasteiger partial charge in [-0.25, -0.2) is 4.79 Å². The highest BCUT2D eigenvalue weighted by Crippen LogP contribution is 2.27. The van der Waals surface area contributed by atoms with Gasteiger partial charge in [0.15, 0.2) is 11.5 Å². The van der Waals surface area contributed by atoms with Crippen LogP contribution in [0.1, 0.15) is 10.4 Å². The van der Waals surface area contributed by atoms with E-state index >= 15 is 0 Å². The first-order valence-electron chi connectivity index (χ1n) is 4.10. The Labute approximate surface area is 86.6 Å². The maximum absolute atomic E-state index is 10.8. The molecule has 0 aromatic heterocycles. The lowest BCUT2D eigenvalue weighted by atomic mass is 10.2. The Bertz CT molecular complexity index is 372. The Morgan fingerprint density at radius 1 is 1.27 bits per heavy atom. The van der Waals surface area contributed by atoms with Gasteiger partial charge in [0.25, 0.3) is 0 Å². The molecule has 5 nitrogen and oxygen atoms in total. The fraction of sp³-hybridized carbons (Fsp3) is 0.200. The van der Waals surface area contributed by atoms with Crippen LogP contribution in [0.2, 0.25) is 0 Å². The minimum atomic E-state index is -0.841. The molecule has 0 aliphatic heterocycles. The van der Waals surface area contributed by atoms with Gasteiger partial charge in [-0.1, -0.05) is 0 Å². The summed E-state index contributed by atoms with van der Waals surface area (Å²) in [4.78, 5) is 21.3. The van der Waals surface area contributed by atoms with E-state index in [-0.39, 0.29) is 5.75 Å². The molecule has 0 amide bonds. The summed E-state index contributed by atoms with van der Waals surface area (Å²) in [5.74, 6) is 0.500. The van der Waals surface area contributed by atoms with Crippen LogP contribution >= 0.6 is 0 Å². The molecule has 0 fully saturated rings. The zero-order valence-electron chi connectivity index (χ0n) is 8.35. The molecule has 0 aliphatic carbocycles. The van der Waals surface area contributed by atoms with E-state index in [4.69, 9.17) is 9.47 Å². The second-order valence-corrected chi connectivity index (χ2v) is 2.58. The van der Waals surface area contributed by atoms with E-state index in [1.165, 1.54) is 32.4 Å². The van der Waals surface area contributed by atoms with Gasteiger partial charge in [0.2, 0.25) is 0 Å². The van der Waals surface area contributed by atoms with Crippen molar-refractivity contribution < 1.29 is 23.8 Å². The Morgan fingerprint density at radius 3 is 2.53 bits per heavy atom. The third-order valence-electron chi connectivity index (χ3n) is 1.68. The molecule has 0 heterocycles. The Hall–Kier alpha value is -2.04. The third-order valence-corrected chi connectivity index (χ3v) is 1.68. The molecule has 80 valence electrons. The molecule has 1 rings (SSSR count). The van der Waals surface area contributed by atoms with E-state index < -0.39 is 6.16 Å². The zero-order valence-corrected chi connectivity index (χ0v) is 8.35. The van der Waals surface area contributed by atoms with Crippen molar-refractivity contribution in [3.8, 4) is 11.5 Å². The van der Waals surface area contributed by atoms with Crippen molar-refractivity contribution in [2.75, 3.05) is 14.2 Å². The van der Waals surface area contributed by atoms with Crippen molar-refractivity contribution in [3.05, 3.63) is 23.8 Å². The van der Waals surface area contributed by atoms with Crippen LogP contribution < -0.4 is 9.47 Å². The number of benzene rings is 1. The van der Waals surface area contributed by atoms with Gasteiger partial charge in [0.1, 0.15) is 6.29 Å². The molecule has 0 radical (unpaired) electrons. The van der Waals surface area contributed by atoms with Gasteiger partial charge in [-0.05, 0) is 18.2 Å². The number of hydrogen-bond acceptors (Lipinski definition) is 5. The Morgan fingerprint density at radius 2 is 2.00 bits per heavy atom. The molecule has 0 spiro atoms. The van der Waals surface area contributed by atoms with Crippen LogP contribution in [0.4, 0.5) is 4.79 Å². The number of methoxy groups -OCH3 is 2. The predicted molar refractivity (Wildman–Crippen MR) is 51.4 cm³/mol. The van der Waals surface area contributed by atoms with Crippen LogP contribution in [0.25, 0.3) is 0 Å². The van der Waals surface area contributed by atoms with Crippen LogP contribution in [-0.2, 0) is 4.74 Å². The van der Waals surface area contributed by atoms with E-state index in [2.05, 4.69) is 4.74 Å². The summed E-state index contributed by atoms with van der Waals surface area (Å²) < 4.78 is 14.0. The van der Waals surface area contributed by atoms with Crippen molar-refractivity contribution in [1.82, 2.24) is 0 Å². The lowest BCUT2D eigenvalue weighted by molar-refractivity contribution is 0.112. The van der Waals surface area contributed by atoms with Crippen LogP contribution in [-0.4, -0.2) is 26.7 Å². The fourth-order valence-corrected chi connectivity index (χ4v) is 0.973. The number of carbonyl (C=O) groups is 2. The van der Waals surface area contributed by atoms with E-state index in [0.717, 1.165) is 0 Å². The highest BCUT2D eigenvalue weighted by molar-refractivity contribution is 5.77. The van der Waals surface area contributed by atoms with Gasteiger partial charge in [0, 0.05) is 5.56 Å². The molecule has 15 heavy (non-hydrogen) atoms. The highest BCUT2D eigenvalue weighted by atomic mass is 16.7. The molecule has 1 aromatic rings. The maximum Gasteiger partial charge on any atom is 0.513 e. The van der Waals surface area contributed by atoms with Gasteiger partial charge in [0.05, 0.1) is 14.2 Å². The predicted octanol–water partition coefficient (Wildman–Crippen LogP) is 1.65. The molecule has 0 saturated carbocycles. The van der Waals surface area contributed by atoms with Gasteiger partial charge in [-0.15, -0.1) is 0 Å². The number of rotatable bonds is 3. The number of hydrogen-bond donors (Lipinski definition) is 0. The summed E-state index contributed by atoms with van der Waals surface area (Å²) in [6, 6.07) is 4.43. The standard InChI is InChI=1S/C10H10O5/c1-13-9-5-7(6-11)3-4-8(9)15-10(12)14-2/h3-6H,1-2H3. The molecule has 5 heteroatoms. The van der Waals surface area contributed by atoms with Crippen molar-refractivity contribution in [2.45, 2.75) is 0 Å². The monoisotopic (exact) mass is 210 g/mol. The molecular formula is C10H10O5. The lowest BCUT2D eigenvalue weighted by Gasteiger charge is -2.07. The SMILES string of the molecule is COC(=O)Oc1ccc(C=O)cc1OC. The quantitative estimate of drug-likeness (QED) is 0.431. The van der Waals surface area contributed by atoms with Gasteiger partial charge >= 0.3 is 6.16 Å². The summed E-state index contributed by atoms with van der Waals surface area (Å²) in [5.41, 5.74) is 0.434. The van der Waals surface area contributed by atoms with Crippen LogP contribution in [0.3, 0.4) is 0 Å². The molecular weight excluding hydrogens is 200 g/mol. The second kappa shape index (κ2) is 4.99. The van der Waals surface area contributed by atoms with Crippen LogP contribution in [0.15, 0.2) is 18.2 Å². The van der Waals surface area contributed by atoms with Gasteiger partial charge in [-0.2, -0.15) is 0 Å². The second-order valence-electron chi connectivity index (χ2n) is 2.58. The largest absolute Gasteiger partial charge is 0.513 e. The first-order valence-corrected chi connectivity index (χ1v) is 4.10. The van der Waals surface area contributed by atoms with Crippen molar-refractivity contribution >= 4 is 12.4 Å². The molecule has 0 bridgehead atoms. The topological polar surface area (TPSA) is 61.8 Å². The number of aldehydes is 1. The van der Waals surface area contributed by atoms with Gasteiger partial charge < -0.3 is 14.2 Å². The molecule has 0 saturated heterocycles. The first-order chi connectivity index (χ1) is 7.21. The minimum Gasteiger partial charge on any atom is -0.493 e. The fourth-order valence-electron chi connectivity index (χ4n) is 0.973. The highest BCUT2D eigenvalue weighted by Gasteiger charge is 2.10. The number of carbonyl (C=O) groups excluding carboxylic acids is 2. The summed E-state index contributed by atoms with van der Waals surface area (Å²) in [5, 5.41) is 0. The smallest absolute Gasteiger partial charge is 0.493 e. The van der Waals surface area contributed by atoms with E-state index in [0.29, 0.717) is 17.6 Å². The van der Waals surface area contributed by atoms with Crippen LogP contribution in [0.5, 0.6) is 11.5 Å². The number of ether oxygens (including phenoxy) is 3. The van der Waals surface area contributed by atoms with Gasteiger partial charge in [-0.3, -0.25) is 4.79 Å².